The maximum Gasteiger partial charge on any atom is 0.225 e. The predicted molar refractivity (Wildman–Crippen MR) is 85.5 cm³/mol. The van der Waals surface area contributed by atoms with Gasteiger partial charge in [-0.3, -0.25) is 4.79 Å². The predicted octanol–water partition coefficient (Wildman–Crippen LogP) is 2.19. The Bertz CT molecular complexity index is 713. The Balaban J connectivity index is 1.60. The fourth-order valence-electron chi connectivity index (χ4n) is 3.14. The van der Waals surface area contributed by atoms with Crippen molar-refractivity contribution in [3.05, 3.63) is 29.8 Å². The average molecular weight is 319 g/mol. The molecule has 0 bridgehead atoms. The molecule has 1 amide bonds. The molecule has 0 saturated carbocycles. The number of hydrogen-bond donors (Lipinski definition) is 1. The van der Waals surface area contributed by atoms with Crippen LogP contribution in [0.1, 0.15) is 25.6 Å². The van der Waals surface area contributed by atoms with Crippen LogP contribution in [0, 0.1) is 11.7 Å². The first kappa shape index (κ1) is 15.9. The molecule has 1 fully saturated rings. The smallest absolute Gasteiger partial charge is 0.225 e. The van der Waals surface area contributed by atoms with Gasteiger partial charge in [-0.1, -0.05) is 0 Å². The standard InChI is InChI=1S/C17H22FN3O2/c1-11-13(4-3-9-23-11)17(22)19-8-7-16-20-14-10-12(18)5-6-15(14)21(16)2/h5-6,10-11,13H,3-4,7-9H2,1-2H3,(H,19,22)/t11-,13+/m1/s1. The lowest BCUT2D eigenvalue weighted by atomic mass is 9.94. The molecule has 23 heavy (non-hydrogen) atoms. The zero-order chi connectivity index (χ0) is 16.4. The van der Waals surface area contributed by atoms with Gasteiger partial charge in [0.15, 0.2) is 0 Å². The third-order valence-corrected chi connectivity index (χ3v) is 4.53. The van der Waals surface area contributed by atoms with Gasteiger partial charge in [-0.15, -0.1) is 0 Å². The van der Waals surface area contributed by atoms with Gasteiger partial charge in [0.1, 0.15) is 11.6 Å². The summed E-state index contributed by atoms with van der Waals surface area (Å²) in [4.78, 5) is 16.7. The summed E-state index contributed by atoms with van der Waals surface area (Å²) in [5.41, 5.74) is 1.53. The third-order valence-electron chi connectivity index (χ3n) is 4.53. The number of imidazole rings is 1. The SMILES string of the molecule is C[C@H]1OCCC[C@@H]1C(=O)NCCc1nc2cc(F)ccc2n1C. The van der Waals surface area contributed by atoms with Crippen molar-refractivity contribution in [2.24, 2.45) is 13.0 Å². The summed E-state index contributed by atoms with van der Waals surface area (Å²) in [7, 11) is 1.90. The average Bonchev–Trinajstić information content (AvgIpc) is 2.83. The van der Waals surface area contributed by atoms with E-state index in [9.17, 15) is 9.18 Å². The Morgan fingerprint density at radius 2 is 2.35 bits per heavy atom. The fraction of sp³-hybridized carbons (Fsp3) is 0.529. The number of nitrogens with zero attached hydrogens (tertiary/aromatic N) is 2. The van der Waals surface area contributed by atoms with E-state index in [2.05, 4.69) is 10.3 Å². The lowest BCUT2D eigenvalue weighted by Gasteiger charge is -2.27. The Morgan fingerprint density at radius 1 is 1.52 bits per heavy atom. The minimum atomic E-state index is -0.290. The largest absolute Gasteiger partial charge is 0.378 e. The van der Waals surface area contributed by atoms with Crippen LogP contribution in [0.25, 0.3) is 11.0 Å². The van der Waals surface area contributed by atoms with E-state index in [1.165, 1.54) is 12.1 Å². The number of aryl methyl sites for hydroxylation is 1. The second-order valence-corrected chi connectivity index (χ2v) is 6.09. The van der Waals surface area contributed by atoms with Crippen LogP contribution in [0.5, 0.6) is 0 Å². The number of rotatable bonds is 4. The number of carbonyl (C=O) groups excluding carboxylic acids is 1. The topological polar surface area (TPSA) is 56.1 Å². The van der Waals surface area contributed by atoms with Crippen LogP contribution in [0.2, 0.25) is 0 Å². The van der Waals surface area contributed by atoms with E-state index in [-0.39, 0.29) is 23.7 Å². The molecule has 6 heteroatoms. The number of ether oxygens (including phenoxy) is 1. The van der Waals surface area contributed by atoms with E-state index in [4.69, 9.17) is 4.74 Å². The van der Waals surface area contributed by atoms with E-state index >= 15 is 0 Å². The maximum absolute atomic E-state index is 13.3. The minimum Gasteiger partial charge on any atom is -0.378 e. The van der Waals surface area contributed by atoms with E-state index < -0.39 is 0 Å². The van der Waals surface area contributed by atoms with Crippen LogP contribution >= 0.6 is 0 Å². The summed E-state index contributed by atoms with van der Waals surface area (Å²) in [6.07, 6.45) is 2.39. The Morgan fingerprint density at radius 3 is 3.13 bits per heavy atom. The fourth-order valence-corrected chi connectivity index (χ4v) is 3.14. The van der Waals surface area contributed by atoms with Crippen molar-refractivity contribution in [1.29, 1.82) is 0 Å². The van der Waals surface area contributed by atoms with Gasteiger partial charge in [0.05, 0.1) is 23.1 Å². The highest BCUT2D eigenvalue weighted by atomic mass is 19.1. The molecule has 1 aliphatic heterocycles. The number of fused-ring (bicyclic) bond motifs is 1. The molecule has 1 aliphatic rings. The van der Waals surface area contributed by atoms with Crippen LogP contribution in [-0.4, -0.2) is 34.7 Å². The molecule has 1 saturated heterocycles. The van der Waals surface area contributed by atoms with Crippen LogP contribution < -0.4 is 5.32 Å². The second kappa shape index (κ2) is 6.66. The highest BCUT2D eigenvalue weighted by molar-refractivity contribution is 5.79. The lowest BCUT2D eigenvalue weighted by Crippen LogP contribution is -2.41. The van der Waals surface area contributed by atoms with E-state index in [0.29, 0.717) is 18.5 Å². The monoisotopic (exact) mass is 319 g/mol. The summed E-state index contributed by atoms with van der Waals surface area (Å²) in [6, 6.07) is 4.58. The van der Waals surface area contributed by atoms with Gasteiger partial charge in [0, 0.05) is 32.7 Å². The summed E-state index contributed by atoms with van der Waals surface area (Å²) in [5.74, 6) is 0.515. The molecule has 2 heterocycles. The number of benzene rings is 1. The highest BCUT2D eigenvalue weighted by Crippen LogP contribution is 2.20. The molecular weight excluding hydrogens is 297 g/mol. The van der Waals surface area contributed by atoms with Crippen molar-refractivity contribution >= 4 is 16.9 Å². The Kier molecular flexibility index (Phi) is 4.61. The number of aromatic nitrogens is 2. The summed E-state index contributed by atoms with van der Waals surface area (Å²) in [6.45, 7) is 3.20. The molecule has 1 aromatic carbocycles. The quantitative estimate of drug-likeness (QED) is 0.940. The number of amides is 1. The van der Waals surface area contributed by atoms with Crippen molar-refractivity contribution in [2.45, 2.75) is 32.3 Å². The molecule has 5 nitrogen and oxygen atoms in total. The Hall–Kier alpha value is -1.95. The van der Waals surface area contributed by atoms with Gasteiger partial charge in [0.2, 0.25) is 5.91 Å². The van der Waals surface area contributed by atoms with Crippen LogP contribution in [0.4, 0.5) is 4.39 Å². The first-order chi connectivity index (χ1) is 11.1. The number of carbonyl (C=O) groups is 1. The summed E-state index contributed by atoms with van der Waals surface area (Å²) >= 11 is 0. The van der Waals surface area contributed by atoms with E-state index in [0.717, 1.165) is 30.8 Å². The van der Waals surface area contributed by atoms with Gasteiger partial charge in [0.25, 0.3) is 0 Å². The van der Waals surface area contributed by atoms with Gasteiger partial charge >= 0.3 is 0 Å². The molecule has 0 spiro atoms. The zero-order valence-corrected chi connectivity index (χ0v) is 13.5. The van der Waals surface area contributed by atoms with Crippen LogP contribution in [-0.2, 0) is 23.0 Å². The third kappa shape index (κ3) is 3.37. The first-order valence-corrected chi connectivity index (χ1v) is 8.06. The Labute approximate surface area is 134 Å². The highest BCUT2D eigenvalue weighted by Gasteiger charge is 2.28. The molecule has 0 radical (unpaired) electrons. The molecule has 2 atom stereocenters. The minimum absolute atomic E-state index is 0.0255. The van der Waals surface area contributed by atoms with Crippen molar-refractivity contribution in [1.82, 2.24) is 14.9 Å². The number of halogens is 1. The maximum atomic E-state index is 13.3. The molecule has 3 rings (SSSR count). The number of hydrogen-bond acceptors (Lipinski definition) is 3. The zero-order valence-electron chi connectivity index (χ0n) is 13.5. The summed E-state index contributed by atoms with van der Waals surface area (Å²) in [5, 5.41) is 2.97. The van der Waals surface area contributed by atoms with Gasteiger partial charge in [-0.25, -0.2) is 9.37 Å². The van der Waals surface area contributed by atoms with Crippen molar-refractivity contribution in [3.8, 4) is 0 Å². The molecule has 1 N–H and O–H groups in total. The van der Waals surface area contributed by atoms with Crippen LogP contribution in [0.3, 0.4) is 0 Å². The van der Waals surface area contributed by atoms with Gasteiger partial charge in [-0.2, -0.15) is 0 Å². The normalized spacial score (nSPS) is 21.5. The van der Waals surface area contributed by atoms with Crippen molar-refractivity contribution in [3.63, 3.8) is 0 Å². The molecule has 1 aromatic heterocycles. The first-order valence-electron chi connectivity index (χ1n) is 8.06. The van der Waals surface area contributed by atoms with E-state index in [1.807, 2.05) is 18.5 Å². The second-order valence-electron chi connectivity index (χ2n) is 6.09. The number of nitrogens with one attached hydrogen (secondary N) is 1. The van der Waals surface area contributed by atoms with Crippen LogP contribution in [0.15, 0.2) is 18.2 Å². The molecule has 0 aliphatic carbocycles. The molecule has 0 unspecified atom stereocenters. The lowest BCUT2D eigenvalue weighted by molar-refractivity contribution is -0.133. The molecule has 124 valence electrons. The van der Waals surface area contributed by atoms with Gasteiger partial charge in [-0.05, 0) is 31.9 Å². The molecule has 2 aromatic rings. The van der Waals surface area contributed by atoms with E-state index in [1.54, 1.807) is 6.07 Å². The van der Waals surface area contributed by atoms with Gasteiger partial charge < -0.3 is 14.6 Å². The van der Waals surface area contributed by atoms with Crippen molar-refractivity contribution < 1.29 is 13.9 Å². The summed E-state index contributed by atoms with van der Waals surface area (Å²) < 4.78 is 20.7. The molecular formula is C17H22FN3O2. The van der Waals surface area contributed by atoms with Crippen molar-refractivity contribution in [2.75, 3.05) is 13.2 Å².